The first-order valence-corrected chi connectivity index (χ1v) is 11.5. The maximum Gasteiger partial charge on any atom is 0.175 e. The van der Waals surface area contributed by atoms with Crippen molar-refractivity contribution >= 4 is 33.7 Å². The van der Waals surface area contributed by atoms with Crippen LogP contribution in [0.4, 0.5) is 0 Å². The molecule has 3 aromatic carbocycles. The van der Waals surface area contributed by atoms with E-state index in [2.05, 4.69) is 26.5 Å². The Bertz CT molecular complexity index is 1090. The molecule has 33 heavy (non-hydrogen) atoms. The number of rotatable bonds is 11. The van der Waals surface area contributed by atoms with E-state index >= 15 is 0 Å². The minimum Gasteiger partial charge on any atom is -0.493 e. The number of benzene rings is 3. The molecule has 0 fully saturated rings. The van der Waals surface area contributed by atoms with Crippen molar-refractivity contribution in [3.8, 4) is 23.0 Å². The summed E-state index contributed by atoms with van der Waals surface area (Å²) >= 11 is 9.55. The predicted octanol–water partition coefficient (Wildman–Crippen LogP) is 6.22. The molecule has 0 aromatic heterocycles. The summed E-state index contributed by atoms with van der Waals surface area (Å²) in [5.74, 6) is 2.65. The van der Waals surface area contributed by atoms with Crippen LogP contribution >= 0.6 is 27.5 Å². The summed E-state index contributed by atoms with van der Waals surface area (Å²) in [4.78, 5) is 0. The molecular weight excluding hydrogens is 508 g/mol. The fraction of sp³-hybridized carbons (Fsp3) is 0.240. The normalized spacial score (nSPS) is 10.8. The number of nitrogens with zero attached hydrogens (tertiary/aromatic N) is 1. The molecule has 0 saturated carbocycles. The average molecular weight is 534 g/mol. The second-order valence-electron chi connectivity index (χ2n) is 6.96. The van der Waals surface area contributed by atoms with Gasteiger partial charge in [-0.1, -0.05) is 29.8 Å². The zero-order valence-corrected chi connectivity index (χ0v) is 21.1. The Hall–Kier alpha value is -2.90. The van der Waals surface area contributed by atoms with Crippen LogP contribution < -0.4 is 24.4 Å². The summed E-state index contributed by atoms with van der Waals surface area (Å²) in [7, 11) is 3.23. The van der Waals surface area contributed by atoms with Crippen molar-refractivity contribution in [1.29, 1.82) is 0 Å². The molecule has 0 spiro atoms. The summed E-state index contributed by atoms with van der Waals surface area (Å²) in [6.45, 7) is 3.39. The van der Waals surface area contributed by atoms with Crippen molar-refractivity contribution < 1.29 is 18.9 Å². The SMILES string of the molecule is CCOc1cc(/C=N\NCc2ccc(OC)c(OC)c2)cc(Br)c1OCc1ccc(Cl)cc1. The number of hydrogen-bond donors (Lipinski definition) is 1. The first kappa shape index (κ1) is 24.7. The number of ether oxygens (including phenoxy) is 4. The van der Waals surface area contributed by atoms with Crippen molar-refractivity contribution in [2.45, 2.75) is 20.1 Å². The van der Waals surface area contributed by atoms with Crippen molar-refractivity contribution in [2.75, 3.05) is 20.8 Å². The molecule has 0 aliphatic heterocycles. The summed E-state index contributed by atoms with van der Waals surface area (Å²) in [6.07, 6.45) is 1.73. The Morgan fingerprint density at radius 1 is 0.909 bits per heavy atom. The van der Waals surface area contributed by atoms with Gasteiger partial charge in [0.15, 0.2) is 23.0 Å². The molecule has 1 N–H and O–H groups in total. The van der Waals surface area contributed by atoms with Crippen LogP contribution in [0, 0.1) is 0 Å². The van der Waals surface area contributed by atoms with Crippen LogP contribution in [0.2, 0.25) is 5.02 Å². The van der Waals surface area contributed by atoms with Crippen LogP contribution in [0.25, 0.3) is 0 Å². The number of halogens is 2. The lowest BCUT2D eigenvalue weighted by Gasteiger charge is -2.15. The van der Waals surface area contributed by atoms with Gasteiger partial charge in [0.2, 0.25) is 0 Å². The van der Waals surface area contributed by atoms with Gasteiger partial charge in [-0.3, -0.25) is 0 Å². The highest BCUT2D eigenvalue weighted by Crippen LogP contribution is 2.37. The highest BCUT2D eigenvalue weighted by atomic mass is 79.9. The fourth-order valence-electron chi connectivity index (χ4n) is 3.05. The van der Waals surface area contributed by atoms with Crippen LogP contribution in [-0.2, 0) is 13.2 Å². The molecule has 0 radical (unpaired) electrons. The molecule has 0 unspecified atom stereocenters. The van der Waals surface area contributed by atoms with Crippen LogP contribution in [0.5, 0.6) is 23.0 Å². The molecular formula is C25H26BrClN2O4. The minimum absolute atomic E-state index is 0.399. The lowest BCUT2D eigenvalue weighted by molar-refractivity contribution is 0.267. The topological polar surface area (TPSA) is 61.3 Å². The monoisotopic (exact) mass is 532 g/mol. The van der Waals surface area contributed by atoms with E-state index in [1.165, 1.54) is 0 Å². The van der Waals surface area contributed by atoms with Crippen molar-refractivity contribution in [1.82, 2.24) is 5.43 Å². The zero-order chi connectivity index (χ0) is 23.6. The molecule has 0 atom stereocenters. The summed E-state index contributed by atoms with van der Waals surface area (Å²) in [6, 6.07) is 17.1. The molecule has 6 nitrogen and oxygen atoms in total. The van der Waals surface area contributed by atoms with E-state index < -0.39 is 0 Å². The van der Waals surface area contributed by atoms with Crippen LogP contribution in [0.15, 0.2) is 64.2 Å². The van der Waals surface area contributed by atoms with Gasteiger partial charge in [0.05, 0.1) is 38.1 Å². The van der Waals surface area contributed by atoms with E-state index in [4.69, 9.17) is 30.5 Å². The Morgan fingerprint density at radius 3 is 2.33 bits per heavy atom. The lowest BCUT2D eigenvalue weighted by Crippen LogP contribution is -2.06. The number of hydrazone groups is 1. The third kappa shape index (κ3) is 7.04. The molecule has 3 rings (SSSR count). The largest absolute Gasteiger partial charge is 0.493 e. The first-order chi connectivity index (χ1) is 16.0. The third-order valence-corrected chi connectivity index (χ3v) is 5.51. The Kier molecular flexibility index (Phi) is 9.27. The number of hydrogen-bond acceptors (Lipinski definition) is 6. The third-order valence-electron chi connectivity index (χ3n) is 4.66. The average Bonchev–Trinajstić information content (AvgIpc) is 2.82. The molecule has 3 aromatic rings. The van der Waals surface area contributed by atoms with Crippen LogP contribution in [-0.4, -0.2) is 27.0 Å². The van der Waals surface area contributed by atoms with Gasteiger partial charge in [0.25, 0.3) is 0 Å². The number of methoxy groups -OCH3 is 2. The summed E-state index contributed by atoms with van der Waals surface area (Å²) < 4.78 is 23.2. The zero-order valence-electron chi connectivity index (χ0n) is 18.7. The van der Waals surface area contributed by atoms with Gasteiger partial charge in [-0.15, -0.1) is 0 Å². The second kappa shape index (κ2) is 12.4. The molecule has 0 aliphatic rings. The van der Waals surface area contributed by atoms with E-state index in [0.29, 0.717) is 47.8 Å². The first-order valence-electron chi connectivity index (χ1n) is 10.3. The number of nitrogens with one attached hydrogen (secondary N) is 1. The molecule has 0 bridgehead atoms. The molecule has 0 amide bonds. The maximum absolute atomic E-state index is 6.03. The summed E-state index contributed by atoms with van der Waals surface area (Å²) in [5, 5.41) is 5.02. The van der Waals surface area contributed by atoms with Gasteiger partial charge in [-0.25, -0.2) is 0 Å². The van der Waals surface area contributed by atoms with Gasteiger partial charge in [0.1, 0.15) is 6.61 Å². The van der Waals surface area contributed by atoms with Crippen molar-refractivity contribution in [2.24, 2.45) is 5.10 Å². The van der Waals surface area contributed by atoms with Gasteiger partial charge in [-0.05, 0) is 75.9 Å². The molecule has 0 aliphatic carbocycles. The van der Waals surface area contributed by atoms with Gasteiger partial charge < -0.3 is 24.4 Å². The Morgan fingerprint density at radius 2 is 1.64 bits per heavy atom. The van der Waals surface area contributed by atoms with Gasteiger partial charge in [-0.2, -0.15) is 5.10 Å². The summed E-state index contributed by atoms with van der Waals surface area (Å²) in [5.41, 5.74) is 5.95. The van der Waals surface area contributed by atoms with Crippen molar-refractivity contribution in [3.05, 3.63) is 80.8 Å². The molecule has 174 valence electrons. The smallest absolute Gasteiger partial charge is 0.175 e. The van der Waals surface area contributed by atoms with E-state index in [1.807, 2.05) is 61.5 Å². The van der Waals surface area contributed by atoms with Gasteiger partial charge in [0, 0.05) is 5.02 Å². The maximum atomic E-state index is 6.03. The van der Waals surface area contributed by atoms with E-state index in [-0.39, 0.29) is 0 Å². The Balaban J connectivity index is 1.66. The second-order valence-corrected chi connectivity index (χ2v) is 8.25. The van der Waals surface area contributed by atoms with E-state index in [1.54, 1.807) is 20.4 Å². The lowest BCUT2D eigenvalue weighted by atomic mass is 10.2. The van der Waals surface area contributed by atoms with Gasteiger partial charge >= 0.3 is 0 Å². The quantitative estimate of drug-likeness (QED) is 0.234. The fourth-order valence-corrected chi connectivity index (χ4v) is 3.75. The predicted molar refractivity (Wildman–Crippen MR) is 135 cm³/mol. The highest BCUT2D eigenvalue weighted by Gasteiger charge is 2.12. The minimum atomic E-state index is 0.399. The van der Waals surface area contributed by atoms with E-state index in [9.17, 15) is 0 Å². The van der Waals surface area contributed by atoms with Crippen molar-refractivity contribution in [3.63, 3.8) is 0 Å². The molecule has 0 heterocycles. The van der Waals surface area contributed by atoms with Crippen LogP contribution in [0.1, 0.15) is 23.6 Å². The van der Waals surface area contributed by atoms with E-state index in [0.717, 1.165) is 21.2 Å². The molecule has 8 heteroatoms. The Labute approximate surface area is 207 Å². The highest BCUT2D eigenvalue weighted by molar-refractivity contribution is 9.10. The standard InChI is InChI=1S/C25H26BrClN2O4/c1-4-32-24-13-19(11-21(26)25(24)33-16-17-5-8-20(27)9-6-17)15-29-28-14-18-7-10-22(30-2)23(12-18)31-3/h5-13,15,28H,4,14,16H2,1-3H3/b29-15-. The van der Waals surface area contributed by atoms with Crippen LogP contribution in [0.3, 0.4) is 0 Å². The molecule has 0 saturated heterocycles.